The molecule has 1 aromatic heterocycles. The van der Waals surface area contributed by atoms with Crippen molar-refractivity contribution in [1.82, 2.24) is 14.7 Å². The van der Waals surface area contributed by atoms with Crippen molar-refractivity contribution in [1.29, 1.82) is 0 Å². The lowest BCUT2D eigenvalue weighted by atomic mass is 9.87. The van der Waals surface area contributed by atoms with Crippen molar-refractivity contribution >= 4 is 0 Å². The van der Waals surface area contributed by atoms with Gasteiger partial charge in [0, 0.05) is 31.9 Å². The Morgan fingerprint density at radius 1 is 1.39 bits per heavy atom. The predicted octanol–water partition coefficient (Wildman–Crippen LogP) is 1.98. The number of piperidine rings is 1. The van der Waals surface area contributed by atoms with Gasteiger partial charge in [0.05, 0.1) is 5.69 Å². The van der Waals surface area contributed by atoms with Gasteiger partial charge in [-0.2, -0.15) is 5.10 Å². The molecule has 0 saturated carbocycles. The maximum atomic E-state index is 10.9. The smallest absolute Gasteiger partial charge is 0.109 e. The minimum Gasteiger partial charge on any atom is -0.383 e. The molecular weight excluding hydrogens is 226 g/mol. The van der Waals surface area contributed by atoms with E-state index in [2.05, 4.69) is 30.8 Å². The van der Waals surface area contributed by atoms with Gasteiger partial charge in [-0.3, -0.25) is 4.68 Å². The number of hydrogen-bond donors (Lipinski definition) is 1. The van der Waals surface area contributed by atoms with E-state index in [1.165, 1.54) is 0 Å². The highest BCUT2D eigenvalue weighted by molar-refractivity contribution is 5.13. The number of aliphatic hydroxyl groups is 1. The Morgan fingerprint density at radius 3 is 2.61 bits per heavy atom. The van der Waals surface area contributed by atoms with E-state index in [-0.39, 0.29) is 0 Å². The van der Waals surface area contributed by atoms with E-state index < -0.39 is 5.60 Å². The topological polar surface area (TPSA) is 41.3 Å². The zero-order valence-corrected chi connectivity index (χ0v) is 11.8. The first-order chi connectivity index (χ1) is 8.57. The number of nitrogens with zero attached hydrogens (tertiary/aromatic N) is 3. The normalized spacial score (nSPS) is 20.5. The maximum absolute atomic E-state index is 10.9. The summed E-state index contributed by atoms with van der Waals surface area (Å²) in [6, 6.07) is 2.54. The molecule has 0 unspecified atom stereocenters. The maximum Gasteiger partial charge on any atom is 0.109 e. The van der Waals surface area contributed by atoms with Crippen molar-refractivity contribution in [3.63, 3.8) is 0 Å². The molecule has 0 aromatic carbocycles. The van der Waals surface area contributed by atoms with Gasteiger partial charge in [-0.25, -0.2) is 0 Å². The second-order valence-corrected chi connectivity index (χ2v) is 5.60. The van der Waals surface area contributed by atoms with Crippen LogP contribution in [-0.2, 0) is 12.1 Å². The molecule has 2 heterocycles. The summed E-state index contributed by atoms with van der Waals surface area (Å²) < 4.78 is 1.96. The number of rotatable bonds is 4. The fourth-order valence-electron chi connectivity index (χ4n) is 2.78. The van der Waals surface area contributed by atoms with E-state index >= 15 is 0 Å². The standard InChI is InChI=1S/C14H25N3O/c1-4-9-17-13(5-8-15-17)14(18)6-10-16(11-7-14)12(2)3/h5,8,12,18H,4,6-7,9-11H2,1-3H3. The molecule has 1 saturated heterocycles. The molecule has 4 nitrogen and oxygen atoms in total. The van der Waals surface area contributed by atoms with Gasteiger partial charge in [0.1, 0.15) is 5.60 Å². The van der Waals surface area contributed by atoms with Crippen molar-refractivity contribution in [2.24, 2.45) is 0 Å². The third-order valence-corrected chi connectivity index (χ3v) is 3.98. The summed E-state index contributed by atoms with van der Waals surface area (Å²) in [6.45, 7) is 9.38. The first kappa shape index (κ1) is 13.6. The summed E-state index contributed by atoms with van der Waals surface area (Å²) in [5.74, 6) is 0. The van der Waals surface area contributed by atoms with Gasteiger partial charge in [0.2, 0.25) is 0 Å². The van der Waals surface area contributed by atoms with Gasteiger partial charge in [-0.1, -0.05) is 6.92 Å². The zero-order chi connectivity index (χ0) is 13.2. The van der Waals surface area contributed by atoms with Crippen molar-refractivity contribution < 1.29 is 5.11 Å². The Morgan fingerprint density at radius 2 is 2.06 bits per heavy atom. The summed E-state index contributed by atoms with van der Waals surface area (Å²) in [5, 5.41) is 15.2. The fraction of sp³-hybridized carbons (Fsp3) is 0.786. The van der Waals surface area contributed by atoms with Crippen LogP contribution in [0.3, 0.4) is 0 Å². The number of likely N-dealkylation sites (tertiary alicyclic amines) is 1. The van der Waals surface area contributed by atoms with Crippen molar-refractivity contribution in [2.75, 3.05) is 13.1 Å². The molecule has 0 amide bonds. The minimum absolute atomic E-state index is 0.565. The van der Waals surface area contributed by atoms with E-state index in [1.54, 1.807) is 6.20 Å². The average Bonchev–Trinajstić information content (AvgIpc) is 2.79. The number of aryl methyl sites for hydroxylation is 1. The van der Waals surface area contributed by atoms with E-state index in [9.17, 15) is 5.11 Å². The summed E-state index contributed by atoms with van der Waals surface area (Å²) in [7, 11) is 0. The predicted molar refractivity (Wildman–Crippen MR) is 72.4 cm³/mol. The first-order valence-electron chi connectivity index (χ1n) is 7.05. The molecule has 0 spiro atoms. The third-order valence-electron chi connectivity index (χ3n) is 3.98. The van der Waals surface area contributed by atoms with Gasteiger partial charge in [-0.05, 0) is 39.2 Å². The van der Waals surface area contributed by atoms with Crippen LogP contribution in [0.25, 0.3) is 0 Å². The summed E-state index contributed by atoms with van der Waals surface area (Å²) in [4.78, 5) is 2.43. The Hall–Kier alpha value is -0.870. The zero-order valence-electron chi connectivity index (χ0n) is 11.8. The number of hydrogen-bond acceptors (Lipinski definition) is 3. The monoisotopic (exact) mass is 251 g/mol. The molecule has 18 heavy (non-hydrogen) atoms. The first-order valence-corrected chi connectivity index (χ1v) is 7.05. The van der Waals surface area contributed by atoms with E-state index in [4.69, 9.17) is 0 Å². The Bertz CT molecular complexity index is 378. The van der Waals surface area contributed by atoms with Gasteiger partial charge in [0.25, 0.3) is 0 Å². The lowest BCUT2D eigenvalue weighted by molar-refractivity contribution is -0.0388. The number of aromatic nitrogens is 2. The molecule has 102 valence electrons. The second kappa shape index (κ2) is 5.41. The molecule has 1 aliphatic rings. The summed E-state index contributed by atoms with van der Waals surface area (Å²) in [6.07, 6.45) is 4.46. The van der Waals surface area contributed by atoms with Crippen LogP contribution in [0.1, 0.15) is 45.7 Å². The van der Waals surface area contributed by atoms with Crippen molar-refractivity contribution in [3.8, 4) is 0 Å². The Balaban J connectivity index is 2.10. The SMILES string of the molecule is CCCn1nccc1C1(O)CCN(C(C)C)CC1. The van der Waals surface area contributed by atoms with E-state index in [0.717, 1.165) is 44.6 Å². The molecule has 1 aliphatic heterocycles. The lowest BCUT2D eigenvalue weighted by Gasteiger charge is -2.40. The molecule has 1 fully saturated rings. The lowest BCUT2D eigenvalue weighted by Crippen LogP contribution is -2.46. The van der Waals surface area contributed by atoms with Crippen LogP contribution in [0.15, 0.2) is 12.3 Å². The molecule has 4 heteroatoms. The highest BCUT2D eigenvalue weighted by atomic mass is 16.3. The molecule has 1 aromatic rings. The van der Waals surface area contributed by atoms with Gasteiger partial charge in [0.15, 0.2) is 0 Å². The van der Waals surface area contributed by atoms with Gasteiger partial charge >= 0.3 is 0 Å². The summed E-state index contributed by atoms with van der Waals surface area (Å²) in [5.41, 5.74) is 0.310. The van der Waals surface area contributed by atoms with Crippen LogP contribution < -0.4 is 0 Å². The van der Waals surface area contributed by atoms with Crippen LogP contribution in [0.2, 0.25) is 0 Å². The van der Waals surface area contributed by atoms with E-state index in [0.29, 0.717) is 6.04 Å². The Kier molecular flexibility index (Phi) is 4.07. The highest BCUT2D eigenvalue weighted by Gasteiger charge is 2.36. The molecular formula is C14H25N3O. The molecule has 0 atom stereocenters. The molecule has 2 rings (SSSR count). The molecule has 1 N–H and O–H groups in total. The van der Waals surface area contributed by atoms with Crippen molar-refractivity contribution in [2.45, 2.75) is 58.2 Å². The average molecular weight is 251 g/mol. The van der Waals surface area contributed by atoms with Gasteiger partial charge in [-0.15, -0.1) is 0 Å². The minimum atomic E-state index is -0.683. The quantitative estimate of drug-likeness (QED) is 0.889. The molecule has 0 radical (unpaired) electrons. The van der Waals surface area contributed by atoms with E-state index in [1.807, 2.05) is 10.7 Å². The van der Waals surface area contributed by atoms with Crippen LogP contribution in [0, 0.1) is 0 Å². The van der Waals surface area contributed by atoms with Gasteiger partial charge < -0.3 is 10.0 Å². The van der Waals surface area contributed by atoms with Crippen LogP contribution in [-0.4, -0.2) is 38.9 Å². The van der Waals surface area contributed by atoms with Crippen LogP contribution in [0.5, 0.6) is 0 Å². The van der Waals surface area contributed by atoms with Crippen molar-refractivity contribution in [3.05, 3.63) is 18.0 Å². The third kappa shape index (κ3) is 2.59. The Labute approximate surface area is 110 Å². The highest BCUT2D eigenvalue weighted by Crippen LogP contribution is 2.33. The second-order valence-electron chi connectivity index (χ2n) is 5.60. The largest absolute Gasteiger partial charge is 0.383 e. The molecule has 0 aliphatic carbocycles. The van der Waals surface area contributed by atoms with Crippen LogP contribution in [0.4, 0.5) is 0 Å². The van der Waals surface area contributed by atoms with Crippen LogP contribution >= 0.6 is 0 Å². The molecule has 0 bridgehead atoms. The summed E-state index contributed by atoms with van der Waals surface area (Å²) >= 11 is 0. The fourth-order valence-corrected chi connectivity index (χ4v) is 2.78.